The first kappa shape index (κ1) is 20.2. The van der Waals surface area contributed by atoms with Gasteiger partial charge >= 0.3 is 0 Å². The molecule has 0 aromatic heterocycles. The van der Waals surface area contributed by atoms with Gasteiger partial charge in [0.25, 0.3) is 0 Å². The first-order valence-corrected chi connectivity index (χ1v) is 8.60. The lowest BCUT2D eigenvalue weighted by molar-refractivity contribution is 0.156. The number of guanidine groups is 1. The zero-order chi connectivity index (χ0) is 17.0. The summed E-state index contributed by atoms with van der Waals surface area (Å²) in [5.41, 5.74) is 1.17. The minimum atomic E-state index is -0.325. The maximum atomic E-state index is 13.9. The van der Waals surface area contributed by atoms with Crippen molar-refractivity contribution in [3.05, 3.63) is 29.6 Å². The van der Waals surface area contributed by atoms with Gasteiger partial charge in [0.05, 0.1) is 13.2 Å². The highest BCUT2D eigenvalue weighted by atomic mass is 127. The molecule has 2 aliphatic heterocycles. The third kappa shape index (κ3) is 4.75. The van der Waals surface area contributed by atoms with Gasteiger partial charge in [-0.2, -0.15) is 0 Å². The molecule has 1 N–H and O–H groups in total. The molecule has 0 amide bonds. The number of aliphatic imine (C=N–C) groups is 1. The third-order valence-corrected chi connectivity index (χ3v) is 4.88. The maximum Gasteiger partial charge on any atom is 0.193 e. The topological polar surface area (TPSA) is 46.1 Å². The first-order chi connectivity index (χ1) is 11.7. The number of hydrogen-bond acceptors (Lipinski definition) is 3. The third-order valence-electron chi connectivity index (χ3n) is 4.88. The van der Waals surface area contributed by atoms with E-state index in [1.807, 2.05) is 13.0 Å². The van der Waals surface area contributed by atoms with Crippen molar-refractivity contribution < 1.29 is 13.9 Å². The molecule has 7 heteroatoms. The lowest BCUT2D eigenvalue weighted by Crippen LogP contribution is -2.41. The minimum Gasteiger partial charge on any atom is -0.491 e. The fraction of sp³-hybridized carbons (Fsp3) is 0.611. The quantitative estimate of drug-likeness (QED) is 0.424. The minimum absolute atomic E-state index is 0. The van der Waals surface area contributed by atoms with Crippen molar-refractivity contribution in [2.75, 3.05) is 40.0 Å². The second-order valence-corrected chi connectivity index (χ2v) is 6.57. The molecular weight excluding hydrogens is 436 g/mol. The van der Waals surface area contributed by atoms with Crippen molar-refractivity contribution in [1.29, 1.82) is 0 Å². The van der Waals surface area contributed by atoms with Gasteiger partial charge in [-0.1, -0.05) is 6.07 Å². The molecule has 0 radical (unpaired) electrons. The van der Waals surface area contributed by atoms with Gasteiger partial charge in [0, 0.05) is 38.7 Å². The summed E-state index contributed by atoms with van der Waals surface area (Å²) in [5.74, 6) is 0.843. The second kappa shape index (κ2) is 9.02. The molecule has 5 nitrogen and oxygen atoms in total. The molecule has 0 bridgehead atoms. The number of rotatable bonds is 4. The highest BCUT2D eigenvalue weighted by molar-refractivity contribution is 14.0. The predicted molar refractivity (Wildman–Crippen MR) is 107 cm³/mol. The highest BCUT2D eigenvalue weighted by Crippen LogP contribution is 2.38. The average Bonchev–Trinajstić information content (AvgIpc) is 3.21. The van der Waals surface area contributed by atoms with Gasteiger partial charge < -0.3 is 19.7 Å². The van der Waals surface area contributed by atoms with Crippen molar-refractivity contribution in [3.63, 3.8) is 0 Å². The standard InChI is InChI=1S/C18H26FN3O2.HI/c1-3-24-16-5-4-14(10-15(16)19)11-21-17(20-2)22-8-6-18(12-22)7-9-23-13-18;/h4-5,10H,3,6-9,11-13H2,1-2H3,(H,20,21);1H. The van der Waals surface area contributed by atoms with Crippen LogP contribution in [-0.4, -0.2) is 50.8 Å². The summed E-state index contributed by atoms with van der Waals surface area (Å²) in [5, 5.41) is 3.34. The van der Waals surface area contributed by atoms with Crippen molar-refractivity contribution in [2.45, 2.75) is 26.3 Å². The molecule has 2 aliphatic rings. The molecule has 1 unspecified atom stereocenters. The van der Waals surface area contributed by atoms with E-state index in [4.69, 9.17) is 9.47 Å². The molecule has 2 saturated heterocycles. The lowest BCUT2D eigenvalue weighted by atomic mass is 9.87. The maximum absolute atomic E-state index is 13.9. The molecule has 3 rings (SSSR count). The van der Waals surface area contributed by atoms with Crippen LogP contribution in [0.2, 0.25) is 0 Å². The Morgan fingerprint density at radius 1 is 1.44 bits per heavy atom. The van der Waals surface area contributed by atoms with Gasteiger partial charge in [0.1, 0.15) is 0 Å². The Labute approximate surface area is 166 Å². The van der Waals surface area contributed by atoms with E-state index < -0.39 is 0 Å². The molecule has 1 atom stereocenters. The molecule has 0 aliphatic carbocycles. The van der Waals surface area contributed by atoms with E-state index in [0.29, 0.717) is 24.3 Å². The number of nitrogens with one attached hydrogen (secondary N) is 1. The summed E-state index contributed by atoms with van der Waals surface area (Å²) in [6.45, 7) is 6.52. The Hall–Kier alpha value is -1.09. The van der Waals surface area contributed by atoms with E-state index in [-0.39, 0.29) is 29.8 Å². The van der Waals surface area contributed by atoms with Crippen LogP contribution in [0.4, 0.5) is 4.39 Å². The van der Waals surface area contributed by atoms with Crippen LogP contribution in [-0.2, 0) is 11.3 Å². The molecule has 2 fully saturated rings. The molecule has 0 saturated carbocycles. The Balaban J connectivity index is 0.00000225. The Morgan fingerprint density at radius 2 is 2.28 bits per heavy atom. The highest BCUT2D eigenvalue weighted by Gasteiger charge is 2.42. The molecule has 140 valence electrons. The predicted octanol–water partition coefficient (Wildman–Crippen LogP) is 3.03. The molecule has 2 heterocycles. The summed E-state index contributed by atoms with van der Waals surface area (Å²) in [7, 11) is 1.79. The number of hydrogen-bond donors (Lipinski definition) is 1. The van der Waals surface area contributed by atoms with Crippen LogP contribution in [0, 0.1) is 11.2 Å². The Kier molecular flexibility index (Phi) is 7.30. The van der Waals surface area contributed by atoms with Gasteiger partial charge in [0.2, 0.25) is 0 Å². The number of ether oxygens (including phenoxy) is 2. The molecule has 1 aromatic carbocycles. The van der Waals surface area contributed by atoms with Gasteiger partial charge in [0.15, 0.2) is 17.5 Å². The molecule has 1 spiro atoms. The van der Waals surface area contributed by atoms with Crippen LogP contribution < -0.4 is 10.1 Å². The van der Waals surface area contributed by atoms with Crippen molar-refractivity contribution >= 4 is 29.9 Å². The van der Waals surface area contributed by atoms with E-state index in [2.05, 4.69) is 15.2 Å². The Bertz CT molecular complexity index is 606. The van der Waals surface area contributed by atoms with Gasteiger partial charge in [-0.05, 0) is 37.5 Å². The average molecular weight is 463 g/mol. The van der Waals surface area contributed by atoms with Crippen LogP contribution in [0.1, 0.15) is 25.3 Å². The molecule has 25 heavy (non-hydrogen) atoms. The number of nitrogens with zero attached hydrogens (tertiary/aromatic N) is 2. The zero-order valence-electron chi connectivity index (χ0n) is 14.9. The Morgan fingerprint density at radius 3 is 2.92 bits per heavy atom. The van der Waals surface area contributed by atoms with Crippen LogP contribution in [0.25, 0.3) is 0 Å². The van der Waals surface area contributed by atoms with Gasteiger partial charge in [-0.25, -0.2) is 4.39 Å². The van der Waals surface area contributed by atoms with Crippen molar-refractivity contribution in [1.82, 2.24) is 10.2 Å². The number of likely N-dealkylation sites (tertiary alicyclic amines) is 1. The fourth-order valence-corrected chi connectivity index (χ4v) is 3.53. The largest absolute Gasteiger partial charge is 0.491 e. The number of benzene rings is 1. The smallest absolute Gasteiger partial charge is 0.193 e. The van der Waals surface area contributed by atoms with Crippen LogP contribution in [0.5, 0.6) is 5.75 Å². The SMILES string of the molecule is CCOc1ccc(CNC(=NC)N2CCC3(CCOC3)C2)cc1F.I. The molecular formula is C18H27FIN3O2. The fourth-order valence-electron chi connectivity index (χ4n) is 3.53. The first-order valence-electron chi connectivity index (χ1n) is 8.60. The monoisotopic (exact) mass is 463 g/mol. The molecule has 1 aromatic rings. The van der Waals surface area contributed by atoms with Crippen LogP contribution in [0.15, 0.2) is 23.2 Å². The summed E-state index contributed by atoms with van der Waals surface area (Å²) in [6.07, 6.45) is 2.27. The van der Waals surface area contributed by atoms with E-state index >= 15 is 0 Å². The van der Waals surface area contributed by atoms with Gasteiger partial charge in [-0.3, -0.25) is 4.99 Å². The summed E-state index contributed by atoms with van der Waals surface area (Å²) in [6, 6.07) is 5.07. The second-order valence-electron chi connectivity index (χ2n) is 6.57. The normalized spacial score (nSPS) is 23.0. The van der Waals surface area contributed by atoms with Gasteiger partial charge in [-0.15, -0.1) is 24.0 Å². The van der Waals surface area contributed by atoms with Crippen LogP contribution >= 0.6 is 24.0 Å². The van der Waals surface area contributed by atoms with Crippen LogP contribution in [0.3, 0.4) is 0 Å². The van der Waals surface area contributed by atoms with E-state index in [1.165, 1.54) is 6.07 Å². The van der Waals surface area contributed by atoms with E-state index in [1.54, 1.807) is 13.1 Å². The summed E-state index contributed by atoms with van der Waals surface area (Å²) >= 11 is 0. The van der Waals surface area contributed by atoms with E-state index in [9.17, 15) is 4.39 Å². The summed E-state index contributed by atoms with van der Waals surface area (Å²) < 4.78 is 24.7. The zero-order valence-corrected chi connectivity index (χ0v) is 17.2. The number of halogens is 2. The van der Waals surface area contributed by atoms with Crippen molar-refractivity contribution in [3.8, 4) is 5.75 Å². The van der Waals surface area contributed by atoms with Crippen molar-refractivity contribution in [2.24, 2.45) is 10.4 Å². The lowest BCUT2D eigenvalue weighted by Gasteiger charge is -2.25. The van der Waals surface area contributed by atoms with E-state index in [0.717, 1.165) is 50.7 Å². The summed E-state index contributed by atoms with van der Waals surface area (Å²) in [4.78, 5) is 6.66.